The molecule has 1 aromatic rings. The lowest BCUT2D eigenvalue weighted by atomic mass is 10.0. The summed E-state index contributed by atoms with van der Waals surface area (Å²) in [4.78, 5) is 0. The predicted octanol–water partition coefficient (Wildman–Crippen LogP) is 3.98. The second kappa shape index (κ2) is 6.78. The highest BCUT2D eigenvalue weighted by atomic mass is 32.2. The molecule has 1 rings (SSSR count). The summed E-state index contributed by atoms with van der Waals surface area (Å²) < 4.78 is 0. The maximum Gasteiger partial charge on any atom is 0.0340 e. The zero-order chi connectivity index (χ0) is 11.1. The van der Waals surface area contributed by atoms with E-state index in [1.54, 1.807) is 0 Å². The van der Waals surface area contributed by atoms with Crippen LogP contribution in [0.25, 0.3) is 0 Å². The molecule has 1 aromatic carbocycles. The van der Waals surface area contributed by atoms with Crippen molar-refractivity contribution in [1.82, 2.24) is 0 Å². The summed E-state index contributed by atoms with van der Waals surface area (Å²) in [5.74, 6) is 1.85. The topological polar surface area (TPSA) is 12.0 Å². The smallest absolute Gasteiger partial charge is 0.0340 e. The Hall–Kier alpha value is -0.630. The number of benzene rings is 1. The van der Waals surface area contributed by atoms with Crippen molar-refractivity contribution in [2.75, 3.05) is 23.9 Å². The van der Waals surface area contributed by atoms with Crippen molar-refractivity contribution in [2.24, 2.45) is 0 Å². The number of anilines is 1. The minimum absolute atomic E-state index is 0.621. The Labute approximate surface area is 97.7 Å². The molecule has 0 saturated carbocycles. The standard InChI is InChI=1S/C13H21NS/c1-11(2)12-5-7-13(8-6-12)14-9-4-10-15-3/h5-8,11,14H,4,9-10H2,1-3H3. The van der Waals surface area contributed by atoms with E-state index in [1.165, 1.54) is 23.4 Å². The first kappa shape index (κ1) is 12.4. The third-order valence-corrected chi connectivity index (χ3v) is 3.13. The summed E-state index contributed by atoms with van der Waals surface area (Å²) in [5.41, 5.74) is 2.64. The molecule has 0 spiro atoms. The Morgan fingerprint density at radius 1 is 1.20 bits per heavy atom. The Bertz CT molecular complexity index is 266. The van der Waals surface area contributed by atoms with Crippen LogP contribution in [0.3, 0.4) is 0 Å². The lowest BCUT2D eigenvalue weighted by Crippen LogP contribution is -2.02. The maximum atomic E-state index is 3.43. The van der Waals surface area contributed by atoms with E-state index in [9.17, 15) is 0 Å². The zero-order valence-electron chi connectivity index (χ0n) is 9.92. The summed E-state index contributed by atoms with van der Waals surface area (Å²) in [7, 11) is 0. The van der Waals surface area contributed by atoms with Gasteiger partial charge in [0.05, 0.1) is 0 Å². The molecule has 0 unspecified atom stereocenters. The number of hydrogen-bond donors (Lipinski definition) is 1. The Balaban J connectivity index is 2.36. The number of thioether (sulfide) groups is 1. The highest BCUT2D eigenvalue weighted by molar-refractivity contribution is 7.98. The van der Waals surface area contributed by atoms with Crippen LogP contribution in [0.1, 0.15) is 31.7 Å². The van der Waals surface area contributed by atoms with Crippen LogP contribution in [0.4, 0.5) is 5.69 Å². The first-order valence-electron chi connectivity index (χ1n) is 5.57. The van der Waals surface area contributed by atoms with Crippen LogP contribution >= 0.6 is 11.8 Å². The van der Waals surface area contributed by atoms with Gasteiger partial charge < -0.3 is 5.32 Å². The van der Waals surface area contributed by atoms with Gasteiger partial charge in [-0.2, -0.15) is 11.8 Å². The van der Waals surface area contributed by atoms with Gasteiger partial charge in [0.2, 0.25) is 0 Å². The molecule has 2 heteroatoms. The summed E-state index contributed by atoms with van der Waals surface area (Å²) in [5, 5.41) is 3.43. The van der Waals surface area contributed by atoms with Crippen molar-refractivity contribution in [2.45, 2.75) is 26.2 Å². The molecule has 0 aliphatic carbocycles. The lowest BCUT2D eigenvalue weighted by Gasteiger charge is -2.08. The first-order valence-corrected chi connectivity index (χ1v) is 6.96. The molecule has 0 aliphatic heterocycles. The SMILES string of the molecule is CSCCCNc1ccc(C(C)C)cc1. The summed E-state index contributed by atoms with van der Waals surface area (Å²) >= 11 is 1.90. The molecule has 0 aromatic heterocycles. The Morgan fingerprint density at radius 2 is 1.87 bits per heavy atom. The van der Waals surface area contributed by atoms with Gasteiger partial charge in [-0.25, -0.2) is 0 Å². The second-order valence-corrected chi connectivity index (χ2v) is 5.04. The van der Waals surface area contributed by atoms with E-state index < -0.39 is 0 Å². The third-order valence-electron chi connectivity index (χ3n) is 2.43. The fourth-order valence-electron chi connectivity index (χ4n) is 1.44. The van der Waals surface area contributed by atoms with Gasteiger partial charge in [-0.05, 0) is 42.0 Å². The van der Waals surface area contributed by atoms with Crippen molar-refractivity contribution in [3.05, 3.63) is 29.8 Å². The lowest BCUT2D eigenvalue weighted by molar-refractivity contribution is 0.866. The number of hydrogen-bond acceptors (Lipinski definition) is 2. The Morgan fingerprint density at radius 3 is 2.40 bits per heavy atom. The van der Waals surface area contributed by atoms with Crippen LogP contribution in [-0.2, 0) is 0 Å². The second-order valence-electron chi connectivity index (χ2n) is 4.05. The fraction of sp³-hybridized carbons (Fsp3) is 0.538. The van der Waals surface area contributed by atoms with Crippen LogP contribution in [0.2, 0.25) is 0 Å². The molecule has 84 valence electrons. The van der Waals surface area contributed by atoms with Gasteiger partial charge in [0, 0.05) is 12.2 Å². The monoisotopic (exact) mass is 223 g/mol. The van der Waals surface area contributed by atoms with E-state index in [1.807, 2.05) is 11.8 Å². The van der Waals surface area contributed by atoms with E-state index in [-0.39, 0.29) is 0 Å². The zero-order valence-corrected chi connectivity index (χ0v) is 10.7. The van der Waals surface area contributed by atoms with Crippen molar-refractivity contribution < 1.29 is 0 Å². The Kier molecular flexibility index (Phi) is 5.62. The van der Waals surface area contributed by atoms with E-state index in [0.717, 1.165) is 6.54 Å². The average Bonchev–Trinajstić information content (AvgIpc) is 2.25. The van der Waals surface area contributed by atoms with E-state index >= 15 is 0 Å². The molecule has 0 fully saturated rings. The molecular weight excluding hydrogens is 202 g/mol. The summed E-state index contributed by atoms with van der Waals surface area (Å²) in [6.07, 6.45) is 3.38. The molecule has 0 aliphatic rings. The van der Waals surface area contributed by atoms with Crippen molar-refractivity contribution in [3.63, 3.8) is 0 Å². The van der Waals surface area contributed by atoms with Crippen LogP contribution in [-0.4, -0.2) is 18.6 Å². The van der Waals surface area contributed by atoms with E-state index in [4.69, 9.17) is 0 Å². The molecule has 1 N–H and O–H groups in total. The van der Waals surface area contributed by atoms with Crippen molar-refractivity contribution in [1.29, 1.82) is 0 Å². The minimum atomic E-state index is 0.621. The molecule has 0 amide bonds. The third kappa shape index (κ3) is 4.61. The van der Waals surface area contributed by atoms with Gasteiger partial charge in [-0.3, -0.25) is 0 Å². The van der Waals surface area contributed by atoms with Crippen LogP contribution in [0, 0.1) is 0 Å². The molecular formula is C13H21NS. The molecule has 15 heavy (non-hydrogen) atoms. The normalized spacial score (nSPS) is 10.7. The highest BCUT2D eigenvalue weighted by Crippen LogP contribution is 2.16. The van der Waals surface area contributed by atoms with Gasteiger partial charge in [-0.15, -0.1) is 0 Å². The predicted molar refractivity (Wildman–Crippen MR) is 72.0 cm³/mol. The average molecular weight is 223 g/mol. The van der Waals surface area contributed by atoms with Gasteiger partial charge in [0.25, 0.3) is 0 Å². The van der Waals surface area contributed by atoms with Gasteiger partial charge in [0.1, 0.15) is 0 Å². The molecule has 0 saturated heterocycles. The highest BCUT2D eigenvalue weighted by Gasteiger charge is 1.98. The first-order chi connectivity index (χ1) is 7.24. The van der Waals surface area contributed by atoms with E-state index in [0.29, 0.717) is 5.92 Å². The molecule has 1 nitrogen and oxygen atoms in total. The van der Waals surface area contributed by atoms with Crippen molar-refractivity contribution in [3.8, 4) is 0 Å². The van der Waals surface area contributed by atoms with Crippen LogP contribution in [0.5, 0.6) is 0 Å². The minimum Gasteiger partial charge on any atom is -0.385 e. The van der Waals surface area contributed by atoms with Crippen LogP contribution < -0.4 is 5.32 Å². The maximum absolute atomic E-state index is 3.43. The molecule has 0 atom stereocenters. The van der Waals surface area contributed by atoms with Gasteiger partial charge in [0.15, 0.2) is 0 Å². The quantitative estimate of drug-likeness (QED) is 0.732. The number of nitrogens with one attached hydrogen (secondary N) is 1. The molecule has 0 radical (unpaired) electrons. The molecule has 0 bridgehead atoms. The largest absolute Gasteiger partial charge is 0.385 e. The molecule has 0 heterocycles. The summed E-state index contributed by atoms with van der Waals surface area (Å²) in [6, 6.07) is 8.77. The van der Waals surface area contributed by atoms with E-state index in [2.05, 4.69) is 49.7 Å². The summed E-state index contributed by atoms with van der Waals surface area (Å²) in [6.45, 7) is 5.52. The number of rotatable bonds is 6. The van der Waals surface area contributed by atoms with Crippen molar-refractivity contribution >= 4 is 17.4 Å². The van der Waals surface area contributed by atoms with Crippen LogP contribution in [0.15, 0.2) is 24.3 Å². The van der Waals surface area contributed by atoms with Gasteiger partial charge >= 0.3 is 0 Å². The fourth-order valence-corrected chi connectivity index (χ4v) is 1.87. The van der Waals surface area contributed by atoms with Gasteiger partial charge in [-0.1, -0.05) is 26.0 Å².